The van der Waals surface area contributed by atoms with Crippen molar-refractivity contribution in [1.29, 1.82) is 0 Å². The van der Waals surface area contributed by atoms with Gasteiger partial charge in [0.1, 0.15) is 17.6 Å². The zero-order valence-corrected chi connectivity index (χ0v) is 13.3. The molecule has 0 saturated heterocycles. The molecule has 128 valence electrons. The first-order valence-electron chi connectivity index (χ1n) is 6.79. The van der Waals surface area contributed by atoms with Gasteiger partial charge in [0.2, 0.25) is 0 Å². The summed E-state index contributed by atoms with van der Waals surface area (Å²) in [6, 6.07) is 9.23. The highest BCUT2D eigenvalue weighted by molar-refractivity contribution is 7.92. The summed E-state index contributed by atoms with van der Waals surface area (Å²) in [5.74, 6) is -1.95. The van der Waals surface area contributed by atoms with E-state index >= 15 is 0 Å². The summed E-state index contributed by atoms with van der Waals surface area (Å²) in [5.41, 5.74) is 0.393. The number of aromatic carboxylic acids is 1. The summed E-state index contributed by atoms with van der Waals surface area (Å²) in [4.78, 5) is 10.7. The van der Waals surface area contributed by atoms with Crippen LogP contribution < -0.4 is 4.72 Å². The monoisotopic (exact) mass is 361 g/mol. The fourth-order valence-electron chi connectivity index (χ4n) is 2.03. The Balaban J connectivity index is 1.86. The van der Waals surface area contributed by atoms with Gasteiger partial charge in [-0.05, 0) is 52.9 Å². The number of hydrogen-bond donors (Lipinski definition) is 3. The number of aromatic nitrogens is 4. The van der Waals surface area contributed by atoms with Crippen molar-refractivity contribution >= 4 is 21.7 Å². The average molecular weight is 361 g/mol. The van der Waals surface area contributed by atoms with Crippen molar-refractivity contribution < 1.29 is 23.4 Å². The fourth-order valence-corrected chi connectivity index (χ4v) is 3.11. The summed E-state index contributed by atoms with van der Waals surface area (Å²) in [5, 5.41) is 29.2. The first-order chi connectivity index (χ1) is 11.9. The van der Waals surface area contributed by atoms with E-state index in [1.165, 1.54) is 23.1 Å². The molecule has 0 radical (unpaired) electrons. The Labute approximate surface area is 141 Å². The largest absolute Gasteiger partial charge is 0.507 e. The Kier molecular flexibility index (Phi) is 4.07. The van der Waals surface area contributed by atoms with Crippen molar-refractivity contribution in [2.75, 3.05) is 4.72 Å². The van der Waals surface area contributed by atoms with Crippen LogP contribution >= 0.6 is 0 Å². The van der Waals surface area contributed by atoms with E-state index in [0.29, 0.717) is 5.69 Å². The molecule has 0 aliphatic rings. The molecule has 25 heavy (non-hydrogen) atoms. The second kappa shape index (κ2) is 6.20. The number of nitrogens with zero attached hydrogens (tertiary/aromatic N) is 4. The van der Waals surface area contributed by atoms with Crippen LogP contribution in [0.3, 0.4) is 0 Å². The van der Waals surface area contributed by atoms with Crippen LogP contribution in [-0.2, 0) is 10.0 Å². The van der Waals surface area contributed by atoms with Gasteiger partial charge in [-0.3, -0.25) is 4.72 Å². The Morgan fingerprint density at radius 3 is 2.44 bits per heavy atom. The molecule has 1 heterocycles. The van der Waals surface area contributed by atoms with Gasteiger partial charge in [-0.25, -0.2) is 17.9 Å². The second-order valence-corrected chi connectivity index (χ2v) is 6.57. The number of anilines is 1. The van der Waals surface area contributed by atoms with E-state index in [9.17, 15) is 18.3 Å². The molecule has 3 rings (SSSR count). The highest BCUT2D eigenvalue weighted by Gasteiger charge is 2.19. The van der Waals surface area contributed by atoms with Crippen LogP contribution in [0.5, 0.6) is 5.75 Å². The van der Waals surface area contributed by atoms with Gasteiger partial charge in [0.15, 0.2) is 0 Å². The minimum Gasteiger partial charge on any atom is -0.507 e. The maximum atomic E-state index is 12.4. The number of carboxylic acid groups (broad SMARTS) is 1. The van der Waals surface area contributed by atoms with Gasteiger partial charge < -0.3 is 10.2 Å². The smallest absolute Gasteiger partial charge is 0.339 e. The first kappa shape index (κ1) is 16.4. The van der Waals surface area contributed by atoms with Crippen molar-refractivity contribution in [3.63, 3.8) is 0 Å². The number of aromatic hydroxyl groups is 1. The van der Waals surface area contributed by atoms with Gasteiger partial charge in [0.25, 0.3) is 10.0 Å². The van der Waals surface area contributed by atoms with Crippen molar-refractivity contribution in [3.05, 3.63) is 54.4 Å². The molecule has 0 unspecified atom stereocenters. The topological polar surface area (TPSA) is 147 Å². The van der Waals surface area contributed by atoms with Crippen molar-refractivity contribution in [3.8, 4) is 11.4 Å². The fraction of sp³-hybridized carbons (Fsp3) is 0. The minimum atomic E-state index is -4.02. The lowest BCUT2D eigenvalue weighted by molar-refractivity contribution is 0.0693. The zero-order valence-electron chi connectivity index (χ0n) is 12.4. The van der Waals surface area contributed by atoms with Crippen LogP contribution in [0.25, 0.3) is 5.69 Å². The van der Waals surface area contributed by atoms with E-state index in [1.54, 1.807) is 12.1 Å². The van der Waals surface area contributed by atoms with Crippen LogP contribution in [0, 0.1) is 0 Å². The molecule has 0 aliphatic carbocycles. The summed E-state index contributed by atoms with van der Waals surface area (Å²) in [6.07, 6.45) is 1.39. The Morgan fingerprint density at radius 2 is 1.84 bits per heavy atom. The molecule has 0 fully saturated rings. The number of carbonyl (C=O) groups is 1. The molecule has 0 saturated carbocycles. The van der Waals surface area contributed by atoms with E-state index in [0.717, 1.165) is 18.2 Å². The third-order valence-corrected chi connectivity index (χ3v) is 4.62. The molecule has 11 heteroatoms. The number of sulfonamides is 1. The maximum absolute atomic E-state index is 12.4. The Hall–Kier alpha value is -3.47. The van der Waals surface area contributed by atoms with Gasteiger partial charge in [0, 0.05) is 5.69 Å². The normalized spacial score (nSPS) is 11.2. The molecule has 10 nitrogen and oxygen atoms in total. The van der Waals surface area contributed by atoms with Crippen LogP contribution in [0.2, 0.25) is 0 Å². The van der Waals surface area contributed by atoms with E-state index in [4.69, 9.17) is 5.11 Å². The van der Waals surface area contributed by atoms with E-state index in [2.05, 4.69) is 20.2 Å². The van der Waals surface area contributed by atoms with E-state index in [1.807, 2.05) is 0 Å². The Morgan fingerprint density at radius 1 is 1.12 bits per heavy atom. The molecule has 1 aromatic heterocycles. The number of tetrazole rings is 1. The summed E-state index contributed by atoms with van der Waals surface area (Å²) >= 11 is 0. The van der Waals surface area contributed by atoms with Gasteiger partial charge in [-0.15, -0.1) is 5.10 Å². The molecule has 0 bridgehead atoms. The number of benzene rings is 2. The minimum absolute atomic E-state index is 0.266. The SMILES string of the molecule is O=C(O)c1cc(S(=O)(=O)Nc2ccc(-n3cnnn3)cc2)ccc1O. The predicted molar refractivity (Wildman–Crippen MR) is 85.0 cm³/mol. The highest BCUT2D eigenvalue weighted by Crippen LogP contribution is 2.23. The van der Waals surface area contributed by atoms with Crippen molar-refractivity contribution in [1.82, 2.24) is 20.2 Å². The first-order valence-corrected chi connectivity index (χ1v) is 8.28. The molecular weight excluding hydrogens is 350 g/mol. The second-order valence-electron chi connectivity index (χ2n) is 4.89. The summed E-state index contributed by atoms with van der Waals surface area (Å²) in [7, 11) is -4.02. The third-order valence-electron chi connectivity index (χ3n) is 3.24. The summed E-state index contributed by atoms with van der Waals surface area (Å²) < 4.78 is 28.5. The van der Waals surface area contributed by atoms with Crippen LogP contribution in [-0.4, -0.2) is 44.8 Å². The van der Waals surface area contributed by atoms with Crippen LogP contribution in [0.1, 0.15) is 10.4 Å². The molecule has 0 amide bonds. The molecule has 0 atom stereocenters. The Bertz CT molecular complexity index is 1020. The molecule has 0 spiro atoms. The molecule has 0 aliphatic heterocycles. The quantitative estimate of drug-likeness (QED) is 0.606. The third kappa shape index (κ3) is 3.40. The lowest BCUT2D eigenvalue weighted by Gasteiger charge is -2.10. The number of nitrogens with one attached hydrogen (secondary N) is 1. The summed E-state index contributed by atoms with van der Waals surface area (Å²) in [6.45, 7) is 0. The van der Waals surface area contributed by atoms with Gasteiger partial charge in [-0.2, -0.15) is 0 Å². The molecular formula is C14H11N5O5S. The van der Waals surface area contributed by atoms with Crippen LogP contribution in [0.15, 0.2) is 53.7 Å². The van der Waals surface area contributed by atoms with Gasteiger partial charge in [0.05, 0.1) is 10.6 Å². The number of phenols is 1. The zero-order chi connectivity index (χ0) is 18.0. The maximum Gasteiger partial charge on any atom is 0.339 e. The van der Waals surface area contributed by atoms with E-state index in [-0.39, 0.29) is 10.6 Å². The van der Waals surface area contributed by atoms with Crippen LogP contribution in [0.4, 0.5) is 5.69 Å². The molecule has 3 aromatic rings. The van der Waals surface area contributed by atoms with E-state index < -0.39 is 27.3 Å². The number of carboxylic acids is 1. The van der Waals surface area contributed by atoms with Gasteiger partial charge >= 0.3 is 5.97 Å². The van der Waals surface area contributed by atoms with Crippen molar-refractivity contribution in [2.24, 2.45) is 0 Å². The highest BCUT2D eigenvalue weighted by atomic mass is 32.2. The molecule has 3 N–H and O–H groups in total. The van der Waals surface area contributed by atoms with Gasteiger partial charge in [-0.1, -0.05) is 0 Å². The predicted octanol–water partition coefficient (Wildman–Crippen LogP) is 0.867. The lowest BCUT2D eigenvalue weighted by atomic mass is 10.2. The lowest BCUT2D eigenvalue weighted by Crippen LogP contribution is -2.14. The van der Waals surface area contributed by atoms with Crippen molar-refractivity contribution in [2.45, 2.75) is 4.90 Å². The average Bonchev–Trinajstić information content (AvgIpc) is 3.09. The number of rotatable bonds is 5. The standard InChI is InChI=1S/C14H11N5O5S/c20-13-6-5-11(7-12(13)14(21)22)25(23,24)16-9-1-3-10(4-2-9)19-8-15-17-18-19/h1-8,16,20H,(H,21,22). The molecule has 2 aromatic carbocycles. The number of hydrogen-bond acceptors (Lipinski definition) is 7.